The number of hydrogen-bond donors (Lipinski definition) is 1. The zero-order chi connectivity index (χ0) is 10.6. The van der Waals surface area contributed by atoms with Crippen molar-refractivity contribution in [2.75, 3.05) is 0 Å². The quantitative estimate of drug-likeness (QED) is 0.761. The van der Waals surface area contributed by atoms with Crippen molar-refractivity contribution in [3.63, 3.8) is 0 Å². The standard InChI is InChI=1S/C11H15ClFN/c1-8(2)14-10(11(12)13)9-6-4-3-5-7-9/h3-8,10-11,14H,1-2H3. The lowest BCUT2D eigenvalue weighted by Gasteiger charge is -2.21. The Morgan fingerprint density at radius 1 is 1.21 bits per heavy atom. The number of benzene rings is 1. The van der Waals surface area contributed by atoms with Crippen molar-refractivity contribution in [3.05, 3.63) is 35.9 Å². The molecule has 0 bridgehead atoms. The summed E-state index contributed by atoms with van der Waals surface area (Å²) in [7, 11) is 0. The zero-order valence-corrected chi connectivity index (χ0v) is 9.13. The van der Waals surface area contributed by atoms with Crippen molar-refractivity contribution in [2.24, 2.45) is 0 Å². The van der Waals surface area contributed by atoms with Crippen LogP contribution < -0.4 is 5.32 Å². The molecule has 14 heavy (non-hydrogen) atoms. The molecule has 0 aromatic heterocycles. The van der Waals surface area contributed by atoms with E-state index in [0.29, 0.717) is 0 Å². The molecule has 2 atom stereocenters. The summed E-state index contributed by atoms with van der Waals surface area (Å²) in [4.78, 5) is 0. The molecular weight excluding hydrogens is 201 g/mol. The number of rotatable bonds is 4. The lowest BCUT2D eigenvalue weighted by molar-refractivity contribution is 0.322. The number of nitrogens with one attached hydrogen (secondary N) is 1. The highest BCUT2D eigenvalue weighted by atomic mass is 35.5. The lowest BCUT2D eigenvalue weighted by Crippen LogP contribution is -2.32. The molecule has 3 heteroatoms. The average Bonchev–Trinajstić information content (AvgIpc) is 2.15. The maximum atomic E-state index is 13.1. The molecule has 2 unspecified atom stereocenters. The Morgan fingerprint density at radius 2 is 1.79 bits per heavy atom. The molecule has 0 saturated carbocycles. The first-order valence-electron chi connectivity index (χ1n) is 4.70. The fraction of sp³-hybridized carbons (Fsp3) is 0.455. The van der Waals surface area contributed by atoms with Gasteiger partial charge in [0, 0.05) is 6.04 Å². The van der Waals surface area contributed by atoms with Crippen LogP contribution in [0.1, 0.15) is 25.5 Å². The zero-order valence-electron chi connectivity index (χ0n) is 8.37. The molecule has 1 N–H and O–H groups in total. The lowest BCUT2D eigenvalue weighted by atomic mass is 10.1. The van der Waals surface area contributed by atoms with Crippen LogP contribution in [0.5, 0.6) is 0 Å². The first-order chi connectivity index (χ1) is 6.61. The maximum Gasteiger partial charge on any atom is 0.192 e. The second-order valence-corrected chi connectivity index (χ2v) is 3.96. The number of halogens is 2. The van der Waals surface area contributed by atoms with E-state index in [1.54, 1.807) is 0 Å². The largest absolute Gasteiger partial charge is 0.304 e. The molecule has 1 aromatic carbocycles. The van der Waals surface area contributed by atoms with Crippen LogP contribution >= 0.6 is 11.6 Å². The van der Waals surface area contributed by atoms with Crippen molar-refractivity contribution in [2.45, 2.75) is 31.6 Å². The number of alkyl halides is 2. The van der Waals surface area contributed by atoms with Gasteiger partial charge in [0.25, 0.3) is 0 Å². The highest BCUT2D eigenvalue weighted by molar-refractivity contribution is 6.20. The van der Waals surface area contributed by atoms with Gasteiger partial charge in [-0.15, -0.1) is 0 Å². The summed E-state index contributed by atoms with van der Waals surface area (Å²) in [5.41, 5.74) is -0.525. The summed E-state index contributed by atoms with van der Waals surface area (Å²) in [6.45, 7) is 3.93. The third-order valence-corrected chi connectivity index (χ3v) is 2.18. The fourth-order valence-corrected chi connectivity index (χ4v) is 1.55. The van der Waals surface area contributed by atoms with Crippen LogP contribution in [0.4, 0.5) is 4.39 Å². The summed E-state index contributed by atoms with van der Waals surface area (Å²) < 4.78 is 13.1. The monoisotopic (exact) mass is 215 g/mol. The van der Waals surface area contributed by atoms with E-state index < -0.39 is 11.7 Å². The van der Waals surface area contributed by atoms with Gasteiger partial charge >= 0.3 is 0 Å². The van der Waals surface area contributed by atoms with Crippen molar-refractivity contribution in [1.82, 2.24) is 5.32 Å². The molecule has 1 nitrogen and oxygen atoms in total. The van der Waals surface area contributed by atoms with Gasteiger partial charge in [-0.2, -0.15) is 0 Å². The highest BCUT2D eigenvalue weighted by Gasteiger charge is 2.20. The molecule has 1 aromatic rings. The third-order valence-electron chi connectivity index (χ3n) is 1.92. The SMILES string of the molecule is CC(C)NC(c1ccccc1)C(F)Cl. The second kappa shape index (κ2) is 5.32. The summed E-state index contributed by atoms with van der Waals surface area (Å²) in [5.74, 6) is 0. The van der Waals surface area contributed by atoms with E-state index in [1.807, 2.05) is 44.2 Å². The molecule has 1 rings (SSSR count). The van der Waals surface area contributed by atoms with Gasteiger partial charge in [-0.1, -0.05) is 55.8 Å². The van der Waals surface area contributed by atoms with Gasteiger partial charge in [0.1, 0.15) is 0 Å². The van der Waals surface area contributed by atoms with E-state index in [9.17, 15) is 4.39 Å². The highest BCUT2D eigenvalue weighted by Crippen LogP contribution is 2.22. The first-order valence-corrected chi connectivity index (χ1v) is 5.14. The molecule has 0 saturated heterocycles. The normalized spacial score (nSPS) is 15.5. The predicted molar refractivity (Wildman–Crippen MR) is 58.2 cm³/mol. The minimum absolute atomic E-state index is 0.206. The van der Waals surface area contributed by atoms with Gasteiger partial charge in [-0.05, 0) is 5.56 Å². The smallest absolute Gasteiger partial charge is 0.192 e. The van der Waals surface area contributed by atoms with Gasteiger partial charge in [0.15, 0.2) is 5.63 Å². The molecule has 0 radical (unpaired) electrons. The Bertz CT molecular complexity index is 261. The van der Waals surface area contributed by atoms with Crippen LogP contribution in [0.3, 0.4) is 0 Å². The number of hydrogen-bond acceptors (Lipinski definition) is 1. The third kappa shape index (κ3) is 3.28. The second-order valence-electron chi connectivity index (χ2n) is 3.54. The van der Waals surface area contributed by atoms with Gasteiger partial charge in [0.05, 0.1) is 6.04 Å². The fourth-order valence-electron chi connectivity index (χ4n) is 1.33. The Kier molecular flexibility index (Phi) is 4.36. The van der Waals surface area contributed by atoms with E-state index >= 15 is 0 Å². The molecule has 0 spiro atoms. The van der Waals surface area contributed by atoms with E-state index in [2.05, 4.69) is 5.32 Å². The summed E-state index contributed by atoms with van der Waals surface area (Å²) in [6.07, 6.45) is 0. The Balaban J connectivity index is 2.78. The Morgan fingerprint density at radius 3 is 2.21 bits per heavy atom. The first kappa shape index (κ1) is 11.5. The van der Waals surface area contributed by atoms with Gasteiger partial charge in [0.2, 0.25) is 0 Å². The van der Waals surface area contributed by atoms with Crippen molar-refractivity contribution >= 4 is 11.6 Å². The molecule has 0 aliphatic carbocycles. The summed E-state index contributed by atoms with van der Waals surface area (Å²) >= 11 is 5.49. The summed E-state index contributed by atoms with van der Waals surface area (Å²) in [5, 5.41) is 3.09. The molecular formula is C11H15ClFN. The van der Waals surface area contributed by atoms with Crippen LogP contribution in [0, 0.1) is 0 Å². The van der Waals surface area contributed by atoms with E-state index in [4.69, 9.17) is 11.6 Å². The Labute approximate surface area is 89.3 Å². The van der Waals surface area contributed by atoms with Crippen molar-refractivity contribution < 1.29 is 4.39 Å². The van der Waals surface area contributed by atoms with Gasteiger partial charge < -0.3 is 5.32 Å². The van der Waals surface area contributed by atoms with E-state index in [0.717, 1.165) is 5.56 Å². The van der Waals surface area contributed by atoms with Gasteiger partial charge in [-0.3, -0.25) is 0 Å². The maximum absolute atomic E-state index is 13.1. The van der Waals surface area contributed by atoms with Crippen molar-refractivity contribution in [3.8, 4) is 0 Å². The van der Waals surface area contributed by atoms with Crippen LogP contribution in [-0.4, -0.2) is 11.7 Å². The predicted octanol–water partition coefficient (Wildman–Crippen LogP) is 3.26. The van der Waals surface area contributed by atoms with E-state index in [-0.39, 0.29) is 6.04 Å². The minimum Gasteiger partial charge on any atom is -0.304 e. The van der Waals surface area contributed by atoms with Crippen molar-refractivity contribution in [1.29, 1.82) is 0 Å². The molecule has 0 aliphatic heterocycles. The van der Waals surface area contributed by atoms with Crippen LogP contribution in [0.15, 0.2) is 30.3 Å². The Hall–Kier alpha value is -0.600. The van der Waals surface area contributed by atoms with Gasteiger partial charge in [-0.25, -0.2) is 4.39 Å². The van der Waals surface area contributed by atoms with Crippen LogP contribution in [0.25, 0.3) is 0 Å². The molecule has 78 valence electrons. The van der Waals surface area contributed by atoms with Crippen LogP contribution in [0.2, 0.25) is 0 Å². The van der Waals surface area contributed by atoms with Crippen LogP contribution in [-0.2, 0) is 0 Å². The molecule has 0 heterocycles. The molecule has 0 fully saturated rings. The van der Waals surface area contributed by atoms with E-state index in [1.165, 1.54) is 0 Å². The topological polar surface area (TPSA) is 12.0 Å². The molecule has 0 aliphatic rings. The minimum atomic E-state index is -1.40. The summed E-state index contributed by atoms with van der Waals surface area (Å²) in [6, 6.07) is 9.17. The average molecular weight is 216 g/mol. The molecule has 0 amide bonds.